The largest absolute Gasteiger partial charge is 0.208 e. The number of benzene rings is 21. The lowest BCUT2D eigenvalue weighted by molar-refractivity contribution is 1.07. The van der Waals surface area contributed by atoms with Gasteiger partial charge in [-0.25, -0.2) is 29.9 Å². The number of rotatable bonds is 9. The molecule has 514 valence electrons. The molecule has 0 spiro atoms. The maximum atomic E-state index is 7.05. The minimum absolute atomic E-state index is 0.530. The molecule has 0 bridgehead atoms. The van der Waals surface area contributed by atoms with Crippen molar-refractivity contribution in [3.63, 3.8) is 0 Å². The Morgan fingerprint density at radius 2 is 0.459 bits per heavy atom. The van der Waals surface area contributed by atoms with Crippen LogP contribution in [-0.2, 0) is 0 Å². The van der Waals surface area contributed by atoms with Crippen LogP contribution in [0, 0.1) is 6.08 Å². The van der Waals surface area contributed by atoms with Gasteiger partial charge in [0.05, 0.1) is 22.4 Å². The van der Waals surface area contributed by atoms with E-state index >= 15 is 0 Å². The van der Waals surface area contributed by atoms with Gasteiger partial charge in [0.15, 0.2) is 40.5 Å². The van der Waals surface area contributed by atoms with Crippen LogP contribution in [0.15, 0.2) is 334 Å². The van der Waals surface area contributed by atoms with Gasteiger partial charge in [-0.05, 0) is 187 Å². The highest BCUT2D eigenvalue weighted by molar-refractivity contribution is 6.47. The summed E-state index contributed by atoms with van der Waals surface area (Å²) in [4.78, 5) is 28.9. The highest BCUT2D eigenvalue weighted by Gasteiger charge is 2.30. The average molecular weight is 1470 g/mol. The fraction of sp³-hybridized carbons (Fsp3) is 0. The molecule has 0 aliphatic heterocycles. The number of aromatic nitrogens is 6. The Kier molecular flexibility index (Phi) is 15.0. The lowest BCUT2D eigenvalue weighted by Crippen LogP contribution is -2.00. The van der Waals surface area contributed by atoms with E-state index in [9.17, 15) is 0 Å². The number of hydrogen-bond donors (Lipinski definition) is 0. The molecule has 24 rings (SSSR count). The van der Waals surface area contributed by atoms with Gasteiger partial charge in [-0.2, -0.15) is 0 Å². The van der Waals surface area contributed by atoms with Crippen molar-refractivity contribution in [3.05, 3.63) is 366 Å². The Bertz CT molecular complexity index is 7480. The van der Waals surface area contributed by atoms with Crippen molar-refractivity contribution in [1.82, 2.24) is 29.9 Å². The van der Waals surface area contributed by atoms with Crippen LogP contribution in [0.25, 0.3) is 226 Å². The minimum Gasteiger partial charge on any atom is -0.208 e. The number of hydrogen-bond acceptors (Lipinski definition) is 6. The fourth-order valence-electron chi connectivity index (χ4n) is 17.4. The van der Waals surface area contributed by atoms with E-state index in [4.69, 9.17) is 49.8 Å². The van der Waals surface area contributed by atoms with Crippen molar-refractivity contribution >= 4 is 159 Å². The molecule has 9 heteroatoms. The van der Waals surface area contributed by atoms with Crippen LogP contribution in [0.1, 0.15) is 11.1 Å². The standard InChI is InChI=1S/C51H28ClN3.C30H15.C21H13Cl2N3/c52-38-25-36(24-37(26-38)51-54-49(32-12-6-2-7-13-32)53-50(55-51)33-14-8-3-9-15-33)42-28-35-19-18-34-27-41(29-10-4-1-5-11-29)39-22-20-30-16-17-31-21-23-40(42)48-44(31)43(30)47(39)45(34)46(35)48;1-2-4-17(5-3-1)24-16-22-13-12-20-9-7-18-6-8-19-10-11-21-14-15-23(24)30-28(21)26(19)25(18)27(20)29(22)30;22-17-11-16(12-18(23)13-17)21-25-19(14-7-3-1-4-8-14)24-20(26-21)15-9-5-2-6-10-15/h1-28H;1-8,10-16H;1-13H/q;+1;. The topological polar surface area (TPSA) is 77.3 Å². The molecule has 111 heavy (non-hydrogen) atoms. The van der Waals surface area contributed by atoms with Gasteiger partial charge in [-0.3, -0.25) is 0 Å². The predicted octanol–water partition coefficient (Wildman–Crippen LogP) is 28.4. The van der Waals surface area contributed by atoms with Crippen LogP contribution in [0.3, 0.4) is 0 Å². The van der Waals surface area contributed by atoms with Crippen LogP contribution in [0.5, 0.6) is 0 Å². The quantitative estimate of drug-likeness (QED) is 0.0814. The Balaban J connectivity index is 0.000000113. The summed E-state index contributed by atoms with van der Waals surface area (Å²) >= 11 is 19.4. The molecule has 0 unspecified atom stereocenters. The Morgan fingerprint density at radius 3 is 0.847 bits per heavy atom. The summed E-state index contributed by atoms with van der Waals surface area (Å²) in [5.74, 6) is 3.55. The molecule has 1 aliphatic rings. The zero-order chi connectivity index (χ0) is 73.5. The van der Waals surface area contributed by atoms with E-state index in [1.807, 2.05) is 127 Å². The van der Waals surface area contributed by atoms with E-state index < -0.39 is 0 Å². The Morgan fingerprint density at radius 1 is 0.189 bits per heavy atom. The summed E-state index contributed by atoms with van der Waals surface area (Å²) in [5.41, 5.74) is 15.0. The normalized spacial score (nSPS) is 12.0. The molecule has 6 nitrogen and oxygen atoms in total. The van der Waals surface area contributed by atoms with E-state index in [1.54, 1.807) is 18.2 Å². The first-order chi connectivity index (χ1) is 54.7. The summed E-state index contributed by atoms with van der Waals surface area (Å²) < 4.78 is 0. The Hall–Kier alpha value is -13.7. The summed E-state index contributed by atoms with van der Waals surface area (Å²) in [6, 6.07) is 117. The van der Waals surface area contributed by atoms with Crippen molar-refractivity contribution in [2.45, 2.75) is 0 Å². The first-order valence-electron chi connectivity index (χ1n) is 37.0. The van der Waals surface area contributed by atoms with Crippen molar-refractivity contribution < 1.29 is 0 Å². The van der Waals surface area contributed by atoms with Gasteiger partial charge >= 0.3 is 0 Å². The first-order valence-corrected chi connectivity index (χ1v) is 38.2. The smallest absolute Gasteiger partial charge is 0.164 e. The van der Waals surface area contributed by atoms with E-state index in [1.165, 1.54) is 152 Å². The van der Waals surface area contributed by atoms with Gasteiger partial charge < -0.3 is 0 Å². The van der Waals surface area contributed by atoms with Crippen molar-refractivity contribution in [1.29, 1.82) is 0 Å². The molecule has 0 atom stereocenters. The van der Waals surface area contributed by atoms with Gasteiger partial charge in [0.1, 0.15) is 0 Å². The average Bonchev–Trinajstić information content (AvgIpc) is 0.684. The van der Waals surface area contributed by atoms with Crippen molar-refractivity contribution in [2.24, 2.45) is 0 Å². The lowest BCUT2D eigenvalue weighted by Gasteiger charge is -2.23. The molecule has 21 aromatic carbocycles. The molecule has 2 heterocycles. The summed E-state index contributed by atoms with van der Waals surface area (Å²) in [7, 11) is 0. The van der Waals surface area contributed by atoms with E-state index in [0.29, 0.717) is 50.0 Å². The predicted molar refractivity (Wildman–Crippen MR) is 465 cm³/mol. The van der Waals surface area contributed by atoms with Gasteiger partial charge in [-0.15, -0.1) is 0 Å². The third-order valence-corrected chi connectivity index (χ3v) is 22.8. The monoisotopic (exact) mass is 1470 g/mol. The molecule has 23 aromatic rings. The van der Waals surface area contributed by atoms with E-state index in [-0.39, 0.29) is 0 Å². The van der Waals surface area contributed by atoms with Crippen molar-refractivity contribution in [3.8, 4) is 102 Å². The van der Waals surface area contributed by atoms with Crippen LogP contribution < -0.4 is 0 Å². The highest BCUT2D eigenvalue weighted by atomic mass is 35.5. The minimum atomic E-state index is 0.530. The van der Waals surface area contributed by atoms with Gasteiger partial charge in [-0.1, -0.05) is 290 Å². The maximum Gasteiger partial charge on any atom is 0.164 e. The lowest BCUT2D eigenvalue weighted by atomic mass is 9.79. The van der Waals surface area contributed by atoms with Crippen LogP contribution in [0.4, 0.5) is 0 Å². The second kappa shape index (κ2) is 25.8. The van der Waals surface area contributed by atoms with Crippen LogP contribution in [0.2, 0.25) is 15.1 Å². The van der Waals surface area contributed by atoms with E-state index in [0.717, 1.165) is 44.5 Å². The zero-order valence-corrected chi connectivity index (χ0v) is 61.4. The fourth-order valence-corrected chi connectivity index (χ4v) is 18.1. The third kappa shape index (κ3) is 10.7. The van der Waals surface area contributed by atoms with Gasteiger partial charge in [0.25, 0.3) is 0 Å². The number of nitrogens with zero attached hydrogens (tertiary/aromatic N) is 6. The molecular weight excluding hydrogens is 1420 g/mol. The molecule has 0 saturated carbocycles. The van der Waals surface area contributed by atoms with Gasteiger partial charge in [0.2, 0.25) is 0 Å². The number of halogens is 3. The second-order valence-corrected chi connectivity index (χ2v) is 29.9. The first kappa shape index (κ1) is 64.5. The molecule has 0 radical (unpaired) electrons. The van der Waals surface area contributed by atoms with Crippen LogP contribution in [-0.4, -0.2) is 29.9 Å². The molecule has 1 aliphatic carbocycles. The highest BCUT2D eigenvalue weighted by Crippen LogP contribution is 2.54. The summed E-state index contributed by atoms with van der Waals surface area (Å²) in [6.07, 6.45) is 5.71. The molecule has 2 aromatic heterocycles. The van der Waals surface area contributed by atoms with E-state index in [2.05, 4.69) is 215 Å². The molecule has 0 amide bonds. The summed E-state index contributed by atoms with van der Waals surface area (Å²) in [6.45, 7) is 0. The van der Waals surface area contributed by atoms with Crippen LogP contribution >= 0.6 is 34.8 Å². The molecular formula is C102H56Cl3N6+. The van der Waals surface area contributed by atoms with Gasteiger partial charge in [0, 0.05) is 87.5 Å². The molecule has 0 N–H and O–H groups in total. The van der Waals surface area contributed by atoms with Crippen molar-refractivity contribution in [2.75, 3.05) is 0 Å². The zero-order valence-electron chi connectivity index (χ0n) is 59.1. The summed E-state index contributed by atoms with van der Waals surface area (Å²) in [5, 5.41) is 30.8. The third-order valence-electron chi connectivity index (χ3n) is 22.2. The second-order valence-electron chi connectivity index (χ2n) is 28.6. The SMILES string of the molecule is Clc1cc(-c2nc(-c3ccccc3)nc(-c3ccccc3)n2)cc(-c2cc3ccc4cc(-c5ccccc5)c5ccc6ccc7ccc2c2c7c6c5c4c32)c1.Clc1cc(Cl)cc(-c2nc(-c3ccccc3)nc(-c3ccccc3)n2)c1.[C+]1=Cc2ccc3ccc4ccc5c(-c6ccccc6)cc6ccc1c1c2c3c4c5c61. The molecule has 0 fully saturated rings. The maximum absolute atomic E-state index is 7.05. The molecule has 0 saturated heterocycles. The Labute approximate surface area is 652 Å².